The molecular formula is C23H29Br2FN4O3. The van der Waals surface area contributed by atoms with Gasteiger partial charge in [-0.05, 0) is 76.5 Å². The van der Waals surface area contributed by atoms with Gasteiger partial charge in [0.05, 0.1) is 8.95 Å². The molecule has 2 heterocycles. The van der Waals surface area contributed by atoms with Crippen LogP contribution in [0.25, 0.3) is 11.4 Å². The molecule has 1 aliphatic heterocycles. The van der Waals surface area contributed by atoms with Crippen LogP contribution in [-0.4, -0.2) is 64.2 Å². The Morgan fingerprint density at radius 3 is 2.33 bits per heavy atom. The number of carbonyl (C=O) groups excluding carboxylic acids is 1. The highest BCUT2D eigenvalue weighted by Gasteiger charge is 2.25. The van der Waals surface area contributed by atoms with E-state index in [1.165, 1.54) is 6.08 Å². The molecule has 0 spiro atoms. The number of nitrogens with zero attached hydrogens (tertiary/aromatic N) is 4. The van der Waals surface area contributed by atoms with Crippen LogP contribution in [0.5, 0.6) is 5.75 Å². The Morgan fingerprint density at radius 2 is 1.82 bits per heavy atom. The summed E-state index contributed by atoms with van der Waals surface area (Å²) in [5.41, 5.74) is 0.628. The molecule has 0 bridgehead atoms. The maximum Gasteiger partial charge on any atom is 0.316 e. The average molecular weight is 588 g/mol. The van der Waals surface area contributed by atoms with Crippen molar-refractivity contribution < 1.29 is 18.8 Å². The summed E-state index contributed by atoms with van der Waals surface area (Å²) in [6, 6.07) is 3.32. The number of phenolic OH excluding ortho intramolecular Hbond substituents is 1. The second-order valence-corrected chi connectivity index (χ2v) is 8.51. The summed E-state index contributed by atoms with van der Waals surface area (Å²) in [7, 11) is 2.02. The molecular weight excluding hydrogens is 559 g/mol. The van der Waals surface area contributed by atoms with Gasteiger partial charge in [-0.2, -0.15) is 4.98 Å². The molecule has 3 rings (SSSR count). The summed E-state index contributed by atoms with van der Waals surface area (Å²) in [5, 5.41) is 13.6. The van der Waals surface area contributed by atoms with E-state index >= 15 is 0 Å². The lowest BCUT2D eigenvalue weighted by Gasteiger charge is -2.31. The number of halogens is 3. The fourth-order valence-corrected chi connectivity index (χ4v) is 3.88. The van der Waals surface area contributed by atoms with Crippen LogP contribution in [-0.2, 0) is 0 Å². The first-order valence-corrected chi connectivity index (χ1v) is 11.8. The molecule has 1 amide bonds. The van der Waals surface area contributed by atoms with Crippen LogP contribution in [0.15, 0.2) is 62.8 Å². The number of amides is 1. The Hall–Kier alpha value is -2.30. The van der Waals surface area contributed by atoms with E-state index in [0.29, 0.717) is 33.4 Å². The van der Waals surface area contributed by atoms with Crippen LogP contribution >= 0.6 is 31.9 Å². The predicted molar refractivity (Wildman–Crippen MR) is 136 cm³/mol. The molecule has 0 atom stereocenters. The zero-order valence-corrected chi connectivity index (χ0v) is 22.2. The highest BCUT2D eigenvalue weighted by Crippen LogP contribution is 2.36. The van der Waals surface area contributed by atoms with Gasteiger partial charge in [-0.1, -0.05) is 18.2 Å². The molecule has 0 radical (unpaired) electrons. The number of aromatic hydroxyl groups is 1. The Kier molecular flexibility index (Phi) is 12.9. The van der Waals surface area contributed by atoms with Crippen LogP contribution in [0.4, 0.5) is 4.39 Å². The average Bonchev–Trinajstić information content (AvgIpc) is 3.30. The zero-order chi connectivity index (χ0) is 25.0. The van der Waals surface area contributed by atoms with Gasteiger partial charge in [-0.25, -0.2) is 4.39 Å². The van der Waals surface area contributed by atoms with Gasteiger partial charge >= 0.3 is 11.8 Å². The molecule has 1 aromatic heterocycles. The van der Waals surface area contributed by atoms with E-state index in [2.05, 4.69) is 60.1 Å². The second kappa shape index (κ2) is 14.8. The summed E-state index contributed by atoms with van der Waals surface area (Å²) in [6.07, 6.45) is 5.43. The largest absolute Gasteiger partial charge is 0.506 e. The minimum atomic E-state index is -0.256. The van der Waals surface area contributed by atoms with Gasteiger partial charge in [0, 0.05) is 31.7 Å². The molecule has 1 aliphatic rings. The molecule has 180 valence electrons. The number of phenols is 1. The predicted octanol–water partition coefficient (Wildman–Crippen LogP) is 5.98. The quantitative estimate of drug-likeness (QED) is 0.350. The molecule has 1 aromatic carbocycles. The second-order valence-electron chi connectivity index (χ2n) is 6.80. The van der Waals surface area contributed by atoms with E-state index in [1.54, 1.807) is 36.1 Å². The number of hydrogen-bond donors (Lipinski definition) is 1. The molecule has 7 nitrogen and oxygen atoms in total. The third-order valence-electron chi connectivity index (χ3n) is 4.40. The highest BCUT2D eigenvalue weighted by molar-refractivity contribution is 9.11. The lowest BCUT2D eigenvalue weighted by molar-refractivity contribution is 0.0615. The Labute approximate surface area is 210 Å². The number of hydrogen-bond acceptors (Lipinski definition) is 6. The number of aromatic nitrogens is 2. The monoisotopic (exact) mass is 586 g/mol. The molecule has 1 saturated heterocycles. The molecule has 0 saturated carbocycles. The first-order valence-electron chi connectivity index (χ1n) is 10.2. The number of allylic oxidation sites excluding steroid dienone is 4. The maximum absolute atomic E-state index is 12.4. The number of carbonyl (C=O) groups is 1. The van der Waals surface area contributed by atoms with Crippen LogP contribution in [0.1, 0.15) is 31.0 Å². The van der Waals surface area contributed by atoms with Gasteiger partial charge in [-0.3, -0.25) is 4.79 Å². The molecule has 10 heteroatoms. The summed E-state index contributed by atoms with van der Waals surface area (Å²) >= 11 is 6.50. The molecule has 33 heavy (non-hydrogen) atoms. The number of benzene rings is 1. The summed E-state index contributed by atoms with van der Waals surface area (Å²) < 4.78 is 18.3. The SMILES string of the molecule is C/C=C\C(F)=C/CC.C=C.CN1CCN(C(=O)c2nc(-c3cc(Br)c(O)c(Br)c3)no2)CC1. The van der Waals surface area contributed by atoms with Crippen LogP contribution in [0.3, 0.4) is 0 Å². The lowest BCUT2D eigenvalue weighted by atomic mass is 10.2. The highest BCUT2D eigenvalue weighted by atomic mass is 79.9. The van der Waals surface area contributed by atoms with Crippen LogP contribution in [0, 0.1) is 0 Å². The van der Waals surface area contributed by atoms with E-state index in [4.69, 9.17) is 4.52 Å². The normalized spacial score (nSPS) is 14.4. The van der Waals surface area contributed by atoms with E-state index in [1.807, 2.05) is 14.0 Å². The van der Waals surface area contributed by atoms with Gasteiger partial charge in [0.15, 0.2) is 0 Å². The smallest absolute Gasteiger partial charge is 0.316 e. The van der Waals surface area contributed by atoms with Crippen molar-refractivity contribution >= 4 is 37.8 Å². The third kappa shape index (κ3) is 8.87. The first-order chi connectivity index (χ1) is 15.8. The van der Waals surface area contributed by atoms with Crippen molar-refractivity contribution in [1.29, 1.82) is 0 Å². The maximum atomic E-state index is 12.4. The number of rotatable bonds is 4. The summed E-state index contributed by atoms with van der Waals surface area (Å²) in [6.45, 7) is 12.6. The summed E-state index contributed by atoms with van der Waals surface area (Å²) in [5.74, 6) is -0.0384. The molecule has 1 N–H and O–H groups in total. The van der Waals surface area contributed by atoms with Gasteiger partial charge in [0.1, 0.15) is 11.6 Å². The van der Waals surface area contributed by atoms with Crippen molar-refractivity contribution in [2.75, 3.05) is 33.2 Å². The van der Waals surface area contributed by atoms with Crippen molar-refractivity contribution in [3.05, 3.63) is 64.2 Å². The minimum absolute atomic E-state index is 0.0233. The lowest BCUT2D eigenvalue weighted by Crippen LogP contribution is -2.47. The molecule has 0 aliphatic carbocycles. The molecule has 1 fully saturated rings. The van der Waals surface area contributed by atoms with Gasteiger partial charge < -0.3 is 19.4 Å². The molecule has 0 unspecified atom stereocenters. The van der Waals surface area contributed by atoms with Crippen molar-refractivity contribution in [3.63, 3.8) is 0 Å². The van der Waals surface area contributed by atoms with E-state index in [0.717, 1.165) is 19.5 Å². The third-order valence-corrected chi connectivity index (χ3v) is 5.61. The van der Waals surface area contributed by atoms with E-state index in [9.17, 15) is 14.3 Å². The van der Waals surface area contributed by atoms with Crippen LogP contribution < -0.4 is 0 Å². The van der Waals surface area contributed by atoms with Gasteiger partial charge in [-0.15, -0.1) is 13.2 Å². The van der Waals surface area contributed by atoms with Crippen LogP contribution in [0.2, 0.25) is 0 Å². The van der Waals surface area contributed by atoms with Crippen molar-refractivity contribution in [1.82, 2.24) is 19.9 Å². The number of piperazine rings is 1. The summed E-state index contributed by atoms with van der Waals surface area (Å²) in [4.78, 5) is 20.4. The Morgan fingerprint density at radius 1 is 1.24 bits per heavy atom. The van der Waals surface area contributed by atoms with Crippen molar-refractivity contribution in [2.45, 2.75) is 20.3 Å². The Balaban J connectivity index is 0.000000464. The van der Waals surface area contributed by atoms with Crippen molar-refractivity contribution in [2.24, 2.45) is 0 Å². The fraction of sp³-hybridized carbons (Fsp3) is 0.348. The fourth-order valence-electron chi connectivity index (χ4n) is 2.69. The molecule has 2 aromatic rings. The van der Waals surface area contributed by atoms with Gasteiger partial charge in [0.25, 0.3) is 0 Å². The van der Waals surface area contributed by atoms with Crippen molar-refractivity contribution in [3.8, 4) is 17.1 Å². The van der Waals surface area contributed by atoms with E-state index in [-0.39, 0.29) is 23.4 Å². The minimum Gasteiger partial charge on any atom is -0.506 e. The standard InChI is InChI=1S/C14H14Br2N4O3.C7H11F.C2H4/c1-19-2-4-20(5-3-19)14(22)13-17-12(18-23-13)8-6-9(15)11(21)10(16)7-8;1-3-5-7(8)6-4-2;1-2/h6-7,21H,2-5H2,1H3;3,5-6H,4H2,1-2H3;1-2H2/b;5-3-,7-6+;. The first kappa shape index (κ1) is 28.7. The van der Waals surface area contributed by atoms with Gasteiger partial charge in [0.2, 0.25) is 5.82 Å². The zero-order valence-electron chi connectivity index (χ0n) is 19.0. The number of likely N-dealkylation sites (N-methyl/N-ethyl adjacent to an activating group) is 1. The topological polar surface area (TPSA) is 82.7 Å². The van der Waals surface area contributed by atoms with E-state index < -0.39 is 0 Å². The Bertz CT molecular complexity index is 947.